The average molecular weight is 456 g/mol. The second-order valence-corrected chi connectivity index (χ2v) is 8.56. The molecule has 0 fully saturated rings. The molecule has 0 spiro atoms. The van der Waals surface area contributed by atoms with Crippen molar-refractivity contribution in [2.24, 2.45) is 0 Å². The number of nitrogens with zero attached hydrogens (tertiary/aromatic N) is 3. The third-order valence-electron chi connectivity index (χ3n) is 4.93. The van der Waals surface area contributed by atoms with Gasteiger partial charge in [-0.2, -0.15) is 0 Å². The van der Waals surface area contributed by atoms with E-state index in [1.807, 2.05) is 54.1 Å². The van der Waals surface area contributed by atoms with E-state index in [0.717, 1.165) is 28.2 Å². The van der Waals surface area contributed by atoms with Crippen molar-refractivity contribution in [1.29, 1.82) is 0 Å². The molecule has 0 radical (unpaired) electrons. The van der Waals surface area contributed by atoms with Gasteiger partial charge in [0.2, 0.25) is 0 Å². The van der Waals surface area contributed by atoms with E-state index in [0.29, 0.717) is 11.6 Å². The Bertz CT molecular complexity index is 1150. The lowest BCUT2D eigenvalue weighted by atomic mass is 10.0. The van der Waals surface area contributed by atoms with E-state index in [-0.39, 0.29) is 11.7 Å². The van der Waals surface area contributed by atoms with Crippen molar-refractivity contribution in [3.8, 4) is 0 Å². The normalized spacial score (nSPS) is 12.0. The van der Waals surface area contributed by atoms with E-state index < -0.39 is 11.6 Å². The molecule has 1 unspecified atom stereocenters. The SMILES string of the molecule is CC(c1ccccc1Cn1ccnc1)N(Sc1ccc(Cl)cc1)c1cc(F)ccc1F. The van der Waals surface area contributed by atoms with Crippen molar-refractivity contribution < 1.29 is 8.78 Å². The summed E-state index contributed by atoms with van der Waals surface area (Å²) in [5.74, 6) is -0.973. The molecule has 31 heavy (non-hydrogen) atoms. The minimum Gasteiger partial charge on any atom is -0.333 e. The molecular formula is C24H20ClF2N3S. The highest BCUT2D eigenvalue weighted by atomic mass is 35.5. The van der Waals surface area contributed by atoms with Gasteiger partial charge in [-0.05, 0) is 66.4 Å². The summed E-state index contributed by atoms with van der Waals surface area (Å²) in [6.07, 6.45) is 5.39. The topological polar surface area (TPSA) is 21.1 Å². The van der Waals surface area contributed by atoms with Crippen molar-refractivity contribution in [1.82, 2.24) is 9.55 Å². The molecule has 7 heteroatoms. The lowest BCUT2D eigenvalue weighted by Crippen LogP contribution is -2.22. The molecule has 4 aromatic rings. The third kappa shape index (κ3) is 5.09. The fourth-order valence-electron chi connectivity index (χ4n) is 3.39. The smallest absolute Gasteiger partial charge is 0.147 e. The predicted octanol–water partition coefficient (Wildman–Crippen LogP) is 7.14. The predicted molar refractivity (Wildman–Crippen MR) is 122 cm³/mol. The zero-order chi connectivity index (χ0) is 21.8. The molecule has 1 aromatic heterocycles. The van der Waals surface area contributed by atoms with Gasteiger partial charge in [0.15, 0.2) is 0 Å². The molecule has 0 N–H and O–H groups in total. The fraction of sp³-hybridized carbons (Fsp3) is 0.125. The zero-order valence-electron chi connectivity index (χ0n) is 16.8. The maximum atomic E-state index is 14.8. The van der Waals surface area contributed by atoms with Gasteiger partial charge in [0.25, 0.3) is 0 Å². The summed E-state index contributed by atoms with van der Waals surface area (Å²) < 4.78 is 32.7. The first-order valence-electron chi connectivity index (χ1n) is 9.72. The van der Waals surface area contributed by atoms with Gasteiger partial charge in [0, 0.05) is 34.9 Å². The lowest BCUT2D eigenvalue weighted by molar-refractivity contribution is 0.596. The fourth-order valence-corrected chi connectivity index (χ4v) is 4.51. The molecule has 3 nitrogen and oxygen atoms in total. The van der Waals surface area contributed by atoms with Crippen LogP contribution in [0.5, 0.6) is 0 Å². The Labute approximate surface area is 189 Å². The van der Waals surface area contributed by atoms with E-state index in [4.69, 9.17) is 11.6 Å². The second-order valence-electron chi connectivity index (χ2n) is 7.08. The molecule has 0 saturated heterocycles. The summed E-state index contributed by atoms with van der Waals surface area (Å²) in [6.45, 7) is 2.62. The van der Waals surface area contributed by atoms with E-state index in [2.05, 4.69) is 4.98 Å². The van der Waals surface area contributed by atoms with Crippen LogP contribution in [0.3, 0.4) is 0 Å². The van der Waals surface area contributed by atoms with Crippen LogP contribution in [-0.2, 0) is 6.54 Å². The van der Waals surface area contributed by atoms with Crippen molar-refractivity contribution in [3.05, 3.63) is 113 Å². The number of rotatable bonds is 7. The highest BCUT2D eigenvalue weighted by Gasteiger charge is 2.23. The number of anilines is 1. The van der Waals surface area contributed by atoms with Crippen LogP contribution < -0.4 is 4.31 Å². The Morgan fingerprint density at radius 2 is 1.84 bits per heavy atom. The Morgan fingerprint density at radius 3 is 2.58 bits per heavy atom. The van der Waals surface area contributed by atoms with E-state index in [1.54, 1.807) is 29.0 Å². The molecule has 158 valence electrons. The minimum atomic E-state index is -0.489. The standard InChI is InChI=1S/C24H20ClF2N3S/c1-17(22-5-3-2-4-18(22)15-29-13-12-28-16-29)30(24-14-20(26)8-11-23(24)27)31-21-9-6-19(25)7-10-21/h2-14,16-17H,15H2,1H3. The molecule has 0 aliphatic rings. The minimum absolute atomic E-state index is 0.185. The summed E-state index contributed by atoms with van der Waals surface area (Å²) in [4.78, 5) is 4.97. The molecule has 4 rings (SSSR count). The van der Waals surface area contributed by atoms with Crippen molar-refractivity contribution >= 4 is 29.2 Å². The molecule has 0 aliphatic carbocycles. The van der Waals surface area contributed by atoms with Crippen LogP contribution >= 0.6 is 23.5 Å². The Balaban J connectivity index is 1.74. The lowest BCUT2D eigenvalue weighted by Gasteiger charge is -2.32. The van der Waals surface area contributed by atoms with Crippen LogP contribution in [0.15, 0.2) is 90.3 Å². The van der Waals surface area contributed by atoms with Gasteiger partial charge in [0.1, 0.15) is 11.6 Å². The van der Waals surface area contributed by atoms with Gasteiger partial charge in [-0.25, -0.2) is 13.8 Å². The van der Waals surface area contributed by atoms with Crippen molar-refractivity contribution in [2.45, 2.75) is 24.4 Å². The van der Waals surface area contributed by atoms with Crippen molar-refractivity contribution in [3.63, 3.8) is 0 Å². The van der Waals surface area contributed by atoms with Gasteiger partial charge < -0.3 is 8.87 Å². The number of hydrogen-bond donors (Lipinski definition) is 0. The number of aromatic nitrogens is 2. The highest BCUT2D eigenvalue weighted by Crippen LogP contribution is 2.40. The van der Waals surface area contributed by atoms with Crippen LogP contribution in [0.1, 0.15) is 24.1 Å². The summed E-state index contributed by atoms with van der Waals surface area (Å²) in [5, 5.41) is 0.617. The van der Waals surface area contributed by atoms with E-state index in [1.165, 1.54) is 18.0 Å². The Morgan fingerprint density at radius 1 is 1.06 bits per heavy atom. The Kier molecular flexibility index (Phi) is 6.59. The first kappa shape index (κ1) is 21.4. The zero-order valence-corrected chi connectivity index (χ0v) is 18.3. The second kappa shape index (κ2) is 9.54. The van der Waals surface area contributed by atoms with Crippen LogP contribution in [0.2, 0.25) is 5.02 Å². The summed E-state index contributed by atoms with van der Waals surface area (Å²) >= 11 is 7.36. The molecule has 0 bridgehead atoms. The average Bonchev–Trinajstić information content (AvgIpc) is 3.28. The number of halogens is 3. The van der Waals surface area contributed by atoms with Crippen LogP contribution in [0.25, 0.3) is 0 Å². The molecule has 1 atom stereocenters. The first-order valence-corrected chi connectivity index (χ1v) is 10.9. The monoisotopic (exact) mass is 455 g/mol. The number of imidazole rings is 1. The Hall–Kier alpha value is -2.83. The molecular weight excluding hydrogens is 436 g/mol. The highest BCUT2D eigenvalue weighted by molar-refractivity contribution is 8.00. The van der Waals surface area contributed by atoms with Crippen molar-refractivity contribution in [2.75, 3.05) is 4.31 Å². The van der Waals surface area contributed by atoms with Gasteiger partial charge >= 0.3 is 0 Å². The summed E-state index contributed by atoms with van der Waals surface area (Å²) in [6, 6.07) is 18.5. The third-order valence-corrected chi connectivity index (χ3v) is 6.38. The largest absolute Gasteiger partial charge is 0.333 e. The van der Waals surface area contributed by atoms with Crippen LogP contribution in [0.4, 0.5) is 14.5 Å². The maximum absolute atomic E-state index is 14.8. The van der Waals surface area contributed by atoms with Crippen LogP contribution in [-0.4, -0.2) is 9.55 Å². The van der Waals surface area contributed by atoms with E-state index in [9.17, 15) is 8.78 Å². The molecule has 0 aliphatic heterocycles. The molecule has 3 aromatic carbocycles. The summed E-state index contributed by atoms with van der Waals surface area (Å²) in [5.41, 5.74) is 2.28. The van der Waals surface area contributed by atoms with Gasteiger partial charge in [-0.3, -0.25) is 0 Å². The molecule has 1 heterocycles. The number of benzene rings is 3. The van der Waals surface area contributed by atoms with Gasteiger partial charge in [-0.15, -0.1) is 0 Å². The quantitative estimate of drug-likeness (QED) is 0.276. The van der Waals surface area contributed by atoms with Gasteiger partial charge in [0.05, 0.1) is 18.1 Å². The van der Waals surface area contributed by atoms with Gasteiger partial charge in [-0.1, -0.05) is 35.9 Å². The molecule has 0 amide bonds. The molecule has 0 saturated carbocycles. The first-order chi connectivity index (χ1) is 15.0. The summed E-state index contributed by atoms with van der Waals surface area (Å²) in [7, 11) is 0. The van der Waals surface area contributed by atoms with Crippen LogP contribution in [0, 0.1) is 11.6 Å². The van der Waals surface area contributed by atoms with E-state index >= 15 is 0 Å². The maximum Gasteiger partial charge on any atom is 0.147 e. The number of hydrogen-bond acceptors (Lipinski definition) is 3.